The van der Waals surface area contributed by atoms with E-state index >= 15 is 0 Å². The number of nitrogens with one attached hydrogen (secondary N) is 1. The van der Waals surface area contributed by atoms with Gasteiger partial charge in [0.25, 0.3) is 0 Å². The zero-order chi connectivity index (χ0) is 15.2. The van der Waals surface area contributed by atoms with E-state index in [4.69, 9.17) is 0 Å². The molecule has 0 spiro atoms. The minimum absolute atomic E-state index is 0.0799. The largest absolute Gasteiger partial charge is 0.465 e. The molecule has 0 radical (unpaired) electrons. The van der Waals surface area contributed by atoms with Crippen LogP contribution < -0.4 is 5.32 Å². The number of aromatic nitrogens is 1. The minimum Gasteiger partial charge on any atom is -0.465 e. The molecular weight excluding hydrogens is 274 g/mol. The molecule has 0 amide bonds. The molecule has 0 aliphatic heterocycles. The molecule has 0 aliphatic rings. The summed E-state index contributed by atoms with van der Waals surface area (Å²) in [5, 5.41) is 13.8. The summed E-state index contributed by atoms with van der Waals surface area (Å²) in [5.74, 6) is -0.200. The standard InChI is InChI=1S/C14H13N3O4/c1-21-14(18)11-6-4-10(5-7-11)9-16-13-12(17(19)20)3-2-8-15-13/h2-8H,9H2,1H3,(H,15,16). The Bertz CT molecular complexity index is 656. The zero-order valence-corrected chi connectivity index (χ0v) is 11.3. The van der Waals surface area contributed by atoms with Crippen LogP contribution in [-0.4, -0.2) is 23.0 Å². The first-order valence-electron chi connectivity index (χ1n) is 6.12. The molecule has 0 fully saturated rings. The second kappa shape index (κ2) is 6.47. The number of anilines is 1. The number of carbonyl (C=O) groups is 1. The summed E-state index contributed by atoms with van der Waals surface area (Å²) in [5.41, 5.74) is 1.23. The summed E-state index contributed by atoms with van der Waals surface area (Å²) >= 11 is 0. The minimum atomic E-state index is -0.490. The van der Waals surface area contributed by atoms with Gasteiger partial charge in [0.1, 0.15) is 0 Å². The van der Waals surface area contributed by atoms with Crippen LogP contribution in [0.25, 0.3) is 0 Å². The summed E-state index contributed by atoms with van der Waals surface area (Å²) in [6.07, 6.45) is 1.48. The number of nitro groups is 1. The van der Waals surface area contributed by atoms with Gasteiger partial charge in [0.15, 0.2) is 0 Å². The normalized spacial score (nSPS) is 9.95. The quantitative estimate of drug-likeness (QED) is 0.515. The van der Waals surface area contributed by atoms with Gasteiger partial charge in [0.05, 0.1) is 17.6 Å². The number of benzene rings is 1. The van der Waals surface area contributed by atoms with E-state index in [9.17, 15) is 14.9 Å². The maximum absolute atomic E-state index is 11.3. The predicted molar refractivity (Wildman–Crippen MR) is 76.0 cm³/mol. The average molecular weight is 287 g/mol. The summed E-state index contributed by atoms with van der Waals surface area (Å²) in [6, 6.07) is 9.65. The molecule has 1 N–H and O–H groups in total. The fourth-order valence-electron chi connectivity index (χ4n) is 1.74. The number of pyridine rings is 1. The van der Waals surface area contributed by atoms with E-state index in [1.165, 1.54) is 25.4 Å². The van der Waals surface area contributed by atoms with E-state index in [1.807, 2.05) is 0 Å². The highest BCUT2D eigenvalue weighted by Crippen LogP contribution is 2.20. The van der Waals surface area contributed by atoms with Crippen molar-refractivity contribution in [3.63, 3.8) is 0 Å². The van der Waals surface area contributed by atoms with Crippen LogP contribution in [0.5, 0.6) is 0 Å². The molecule has 1 aromatic heterocycles. The van der Waals surface area contributed by atoms with Crippen molar-refractivity contribution in [2.24, 2.45) is 0 Å². The lowest BCUT2D eigenvalue weighted by molar-refractivity contribution is -0.384. The lowest BCUT2D eigenvalue weighted by Crippen LogP contribution is -2.05. The van der Waals surface area contributed by atoms with Crippen molar-refractivity contribution in [1.29, 1.82) is 0 Å². The van der Waals surface area contributed by atoms with Crippen LogP contribution in [0.3, 0.4) is 0 Å². The van der Waals surface area contributed by atoms with Gasteiger partial charge in [-0.15, -0.1) is 0 Å². The molecular formula is C14H13N3O4. The molecule has 0 unspecified atom stereocenters. The molecule has 21 heavy (non-hydrogen) atoms. The third-order valence-electron chi connectivity index (χ3n) is 2.82. The van der Waals surface area contributed by atoms with E-state index in [-0.39, 0.29) is 11.5 Å². The molecule has 1 heterocycles. The van der Waals surface area contributed by atoms with Crippen molar-refractivity contribution >= 4 is 17.5 Å². The molecule has 2 rings (SSSR count). The van der Waals surface area contributed by atoms with Crippen LogP contribution in [0, 0.1) is 10.1 Å². The topological polar surface area (TPSA) is 94.4 Å². The lowest BCUT2D eigenvalue weighted by atomic mass is 10.1. The first kappa shape index (κ1) is 14.4. The van der Waals surface area contributed by atoms with Gasteiger partial charge in [-0.3, -0.25) is 10.1 Å². The first-order valence-corrected chi connectivity index (χ1v) is 6.12. The van der Waals surface area contributed by atoms with E-state index < -0.39 is 10.9 Å². The zero-order valence-electron chi connectivity index (χ0n) is 11.3. The second-order valence-electron chi connectivity index (χ2n) is 4.17. The van der Waals surface area contributed by atoms with Crippen LogP contribution in [-0.2, 0) is 11.3 Å². The SMILES string of the molecule is COC(=O)c1ccc(CNc2ncccc2[N+](=O)[O-])cc1. The molecule has 1 aromatic carbocycles. The highest BCUT2D eigenvalue weighted by Gasteiger charge is 2.13. The smallest absolute Gasteiger partial charge is 0.337 e. The predicted octanol–water partition coefficient (Wildman–Crippen LogP) is 2.39. The Morgan fingerprint density at radius 1 is 1.33 bits per heavy atom. The van der Waals surface area contributed by atoms with Gasteiger partial charge >= 0.3 is 11.7 Å². The number of ether oxygens (including phenoxy) is 1. The van der Waals surface area contributed by atoms with E-state index in [2.05, 4.69) is 15.0 Å². The van der Waals surface area contributed by atoms with Crippen LogP contribution in [0.2, 0.25) is 0 Å². The van der Waals surface area contributed by atoms with Gasteiger partial charge in [-0.25, -0.2) is 9.78 Å². The van der Waals surface area contributed by atoms with Crippen molar-refractivity contribution in [1.82, 2.24) is 4.98 Å². The lowest BCUT2D eigenvalue weighted by Gasteiger charge is -2.06. The number of hydrogen-bond donors (Lipinski definition) is 1. The van der Waals surface area contributed by atoms with E-state index in [1.54, 1.807) is 24.3 Å². The molecule has 0 bridgehead atoms. The molecule has 2 aromatic rings. The fourth-order valence-corrected chi connectivity index (χ4v) is 1.74. The average Bonchev–Trinajstić information content (AvgIpc) is 2.52. The van der Waals surface area contributed by atoms with E-state index in [0.717, 1.165) is 5.56 Å². The Hall–Kier alpha value is -2.96. The van der Waals surface area contributed by atoms with Crippen LogP contribution in [0.4, 0.5) is 11.5 Å². The third-order valence-corrected chi connectivity index (χ3v) is 2.82. The third kappa shape index (κ3) is 3.53. The molecule has 7 heteroatoms. The van der Waals surface area contributed by atoms with Gasteiger partial charge < -0.3 is 10.1 Å². The fraction of sp³-hybridized carbons (Fsp3) is 0.143. The molecule has 7 nitrogen and oxygen atoms in total. The maximum Gasteiger partial charge on any atom is 0.337 e. The van der Waals surface area contributed by atoms with Gasteiger partial charge in [0, 0.05) is 18.8 Å². The summed E-state index contributed by atoms with van der Waals surface area (Å²) in [4.78, 5) is 25.6. The van der Waals surface area contributed by atoms with Gasteiger partial charge in [-0.2, -0.15) is 0 Å². The Morgan fingerprint density at radius 3 is 2.67 bits per heavy atom. The number of methoxy groups -OCH3 is 1. The summed E-state index contributed by atoms with van der Waals surface area (Å²) < 4.78 is 4.61. The Kier molecular flexibility index (Phi) is 4.45. The molecule has 0 saturated heterocycles. The summed E-state index contributed by atoms with van der Waals surface area (Å²) in [6.45, 7) is 0.360. The number of esters is 1. The number of rotatable bonds is 5. The molecule has 0 saturated carbocycles. The van der Waals surface area contributed by atoms with Crippen molar-refractivity contribution in [3.8, 4) is 0 Å². The van der Waals surface area contributed by atoms with Crippen molar-refractivity contribution in [2.45, 2.75) is 6.54 Å². The van der Waals surface area contributed by atoms with Crippen molar-refractivity contribution < 1.29 is 14.5 Å². The Balaban J connectivity index is 2.07. The van der Waals surface area contributed by atoms with Crippen molar-refractivity contribution in [3.05, 3.63) is 63.8 Å². The van der Waals surface area contributed by atoms with Crippen LogP contribution in [0.15, 0.2) is 42.6 Å². The molecule has 108 valence electrons. The van der Waals surface area contributed by atoms with E-state index in [0.29, 0.717) is 12.1 Å². The maximum atomic E-state index is 11.3. The first-order chi connectivity index (χ1) is 10.1. The second-order valence-corrected chi connectivity index (χ2v) is 4.17. The highest BCUT2D eigenvalue weighted by molar-refractivity contribution is 5.89. The Labute approximate surface area is 120 Å². The Morgan fingerprint density at radius 2 is 2.05 bits per heavy atom. The number of nitrogens with zero attached hydrogens (tertiary/aromatic N) is 2. The molecule has 0 atom stereocenters. The summed E-state index contributed by atoms with van der Waals surface area (Å²) in [7, 11) is 1.32. The highest BCUT2D eigenvalue weighted by atomic mass is 16.6. The van der Waals surface area contributed by atoms with Crippen LogP contribution >= 0.6 is 0 Å². The van der Waals surface area contributed by atoms with Gasteiger partial charge in [0.2, 0.25) is 5.82 Å². The monoisotopic (exact) mass is 287 g/mol. The van der Waals surface area contributed by atoms with Crippen LogP contribution in [0.1, 0.15) is 15.9 Å². The number of hydrogen-bond acceptors (Lipinski definition) is 6. The number of carbonyl (C=O) groups excluding carboxylic acids is 1. The van der Waals surface area contributed by atoms with Gasteiger partial charge in [-0.05, 0) is 23.8 Å². The van der Waals surface area contributed by atoms with Gasteiger partial charge in [-0.1, -0.05) is 12.1 Å². The van der Waals surface area contributed by atoms with Crippen molar-refractivity contribution in [2.75, 3.05) is 12.4 Å². The molecule has 0 aliphatic carbocycles.